The number of rotatable bonds is 9. The number of nitrogens with zero attached hydrogens (tertiary/aromatic N) is 6. The van der Waals surface area contributed by atoms with Crippen molar-refractivity contribution in [3.8, 4) is 23.1 Å². The van der Waals surface area contributed by atoms with Crippen molar-refractivity contribution in [2.75, 3.05) is 24.3 Å². The van der Waals surface area contributed by atoms with Gasteiger partial charge in [0, 0.05) is 41.7 Å². The number of nitriles is 1. The number of hydrogen-bond donors (Lipinski definition) is 3. The van der Waals surface area contributed by atoms with E-state index in [4.69, 9.17) is 22.1 Å². The lowest BCUT2D eigenvalue weighted by Gasteiger charge is -2.13. The smallest absolute Gasteiger partial charge is 0.237 e. The van der Waals surface area contributed by atoms with E-state index in [1.165, 1.54) is 18.0 Å². The number of nitrogens with one attached hydrogen (secondary N) is 1. The third kappa shape index (κ3) is 5.67. The Kier molecular flexibility index (Phi) is 7.88. The third-order valence-electron chi connectivity index (χ3n) is 4.87. The molecule has 178 valence electrons. The number of pyridine rings is 4. The molecule has 10 nitrogen and oxygen atoms in total. The Morgan fingerprint density at radius 2 is 2.00 bits per heavy atom. The molecule has 11 heteroatoms. The summed E-state index contributed by atoms with van der Waals surface area (Å²) >= 11 is 1.31. The lowest BCUT2D eigenvalue weighted by molar-refractivity contribution is 0.196. The molecule has 0 aliphatic carbocycles. The second-order valence-electron chi connectivity index (χ2n) is 7.25. The predicted octanol–water partition coefficient (Wildman–Crippen LogP) is 4.35. The van der Waals surface area contributed by atoms with E-state index >= 15 is 0 Å². The first-order valence-electron chi connectivity index (χ1n) is 10.7. The summed E-state index contributed by atoms with van der Waals surface area (Å²) in [5.74, 6) is 1.45. The van der Waals surface area contributed by atoms with Gasteiger partial charge in [0.1, 0.15) is 29.3 Å². The van der Waals surface area contributed by atoms with E-state index in [1.54, 1.807) is 24.5 Å². The van der Waals surface area contributed by atoms with Gasteiger partial charge in [-0.3, -0.25) is 4.98 Å². The fourth-order valence-electron chi connectivity index (χ4n) is 3.29. The molecule has 0 aliphatic heterocycles. The number of aliphatic hydroxyl groups is 1. The van der Waals surface area contributed by atoms with Gasteiger partial charge >= 0.3 is 0 Å². The van der Waals surface area contributed by atoms with Gasteiger partial charge in [-0.05, 0) is 35.9 Å². The first kappa shape index (κ1) is 24.4. The standard InChI is InChI=1S/C25H20N8O2S/c1-28-23-22(16-5-6-21(30-14-16)35-12-11-34)19(13-26)25(33-24(23)27)36-15-18-3-2-4-20(32-18)31-17-7-9-29-10-8-17/h2-10,14,34H,11-12,15H2,(H2,27,33)(H,29,31,32). The SMILES string of the molecule is [C-]#[N+]c1c(N)nc(SCc2cccc(Nc3ccncc3)n2)c(C#N)c1-c1ccc(OCCO)nc1. The Hall–Kier alpha value is -4.71. The normalized spacial score (nSPS) is 10.3. The molecule has 0 unspecified atom stereocenters. The predicted molar refractivity (Wildman–Crippen MR) is 137 cm³/mol. The fraction of sp³-hybridized carbons (Fsp3) is 0.120. The first-order chi connectivity index (χ1) is 17.6. The fourth-order valence-corrected chi connectivity index (χ4v) is 4.19. The molecular weight excluding hydrogens is 476 g/mol. The third-order valence-corrected chi connectivity index (χ3v) is 5.88. The zero-order valence-electron chi connectivity index (χ0n) is 18.9. The van der Waals surface area contributed by atoms with E-state index in [9.17, 15) is 5.26 Å². The molecule has 0 saturated heterocycles. The molecule has 4 aromatic heterocycles. The maximum absolute atomic E-state index is 10.00. The number of hydrogen-bond acceptors (Lipinski definition) is 10. The Labute approximate surface area is 211 Å². The van der Waals surface area contributed by atoms with Crippen molar-refractivity contribution in [1.29, 1.82) is 5.26 Å². The van der Waals surface area contributed by atoms with E-state index in [2.05, 4.69) is 36.2 Å². The average molecular weight is 497 g/mol. The van der Waals surface area contributed by atoms with Gasteiger partial charge < -0.3 is 20.9 Å². The molecule has 4 heterocycles. The van der Waals surface area contributed by atoms with E-state index in [0.717, 1.165) is 11.4 Å². The number of anilines is 3. The molecule has 4 aromatic rings. The van der Waals surface area contributed by atoms with E-state index in [1.807, 2.05) is 30.3 Å². The zero-order valence-corrected chi connectivity index (χ0v) is 19.7. The quantitative estimate of drug-likeness (QED) is 0.226. The van der Waals surface area contributed by atoms with Crippen LogP contribution in [0.5, 0.6) is 5.88 Å². The monoisotopic (exact) mass is 496 g/mol. The van der Waals surface area contributed by atoms with Gasteiger partial charge in [-0.25, -0.2) is 19.8 Å². The van der Waals surface area contributed by atoms with Crippen LogP contribution in [0.25, 0.3) is 16.0 Å². The molecule has 0 fully saturated rings. The van der Waals surface area contributed by atoms with Crippen LogP contribution in [0.4, 0.5) is 23.0 Å². The molecule has 0 bridgehead atoms. The van der Waals surface area contributed by atoms with Gasteiger partial charge in [-0.2, -0.15) is 5.26 Å². The van der Waals surface area contributed by atoms with Gasteiger partial charge in [-0.15, -0.1) is 0 Å². The highest BCUT2D eigenvalue weighted by atomic mass is 32.2. The van der Waals surface area contributed by atoms with Crippen LogP contribution in [0.15, 0.2) is 66.1 Å². The number of aromatic nitrogens is 4. The van der Waals surface area contributed by atoms with Crippen molar-refractivity contribution in [2.45, 2.75) is 10.8 Å². The molecule has 4 N–H and O–H groups in total. The summed E-state index contributed by atoms with van der Waals surface area (Å²) in [6, 6.07) is 14.8. The second kappa shape index (κ2) is 11.6. The molecule has 0 radical (unpaired) electrons. The molecule has 0 aromatic carbocycles. The Morgan fingerprint density at radius 3 is 2.69 bits per heavy atom. The highest BCUT2D eigenvalue weighted by Gasteiger charge is 2.21. The van der Waals surface area contributed by atoms with Gasteiger partial charge in [-0.1, -0.05) is 17.8 Å². The number of thioether (sulfide) groups is 1. The van der Waals surface area contributed by atoms with Crippen LogP contribution in [0.3, 0.4) is 0 Å². The van der Waals surface area contributed by atoms with Crippen molar-refractivity contribution < 1.29 is 9.84 Å². The van der Waals surface area contributed by atoms with Crippen LogP contribution in [0, 0.1) is 17.9 Å². The number of ether oxygens (including phenoxy) is 1. The Morgan fingerprint density at radius 1 is 1.17 bits per heavy atom. The second-order valence-corrected chi connectivity index (χ2v) is 8.21. The number of nitrogens with two attached hydrogens (primary N) is 1. The summed E-state index contributed by atoms with van der Waals surface area (Å²) in [6.07, 6.45) is 4.88. The topological polar surface area (TPSA) is 147 Å². The van der Waals surface area contributed by atoms with Gasteiger partial charge in [0.15, 0.2) is 0 Å². The van der Waals surface area contributed by atoms with Crippen LogP contribution in [-0.2, 0) is 5.75 Å². The van der Waals surface area contributed by atoms with Gasteiger partial charge in [0.2, 0.25) is 11.6 Å². The minimum atomic E-state index is -0.136. The lowest BCUT2D eigenvalue weighted by Crippen LogP contribution is -2.03. The molecule has 0 aliphatic rings. The lowest BCUT2D eigenvalue weighted by atomic mass is 10.0. The molecule has 0 amide bonds. The van der Waals surface area contributed by atoms with E-state index in [0.29, 0.717) is 33.6 Å². The summed E-state index contributed by atoms with van der Waals surface area (Å²) in [7, 11) is 0. The van der Waals surface area contributed by atoms with Crippen LogP contribution in [-0.4, -0.2) is 38.3 Å². The van der Waals surface area contributed by atoms with Crippen LogP contribution >= 0.6 is 11.8 Å². The summed E-state index contributed by atoms with van der Waals surface area (Å²) in [4.78, 5) is 20.7. The zero-order chi connectivity index (χ0) is 25.3. The van der Waals surface area contributed by atoms with Crippen LogP contribution in [0.1, 0.15) is 11.3 Å². The molecular formula is C25H20N8O2S. The highest BCUT2D eigenvalue weighted by Crippen LogP contribution is 2.41. The summed E-state index contributed by atoms with van der Waals surface area (Å²) in [5.41, 5.74) is 8.97. The Bertz CT molecular complexity index is 1430. The molecule has 36 heavy (non-hydrogen) atoms. The summed E-state index contributed by atoms with van der Waals surface area (Å²) in [5, 5.41) is 22.5. The van der Waals surface area contributed by atoms with Crippen molar-refractivity contribution in [2.24, 2.45) is 0 Å². The summed E-state index contributed by atoms with van der Waals surface area (Å²) in [6.45, 7) is 7.57. The van der Waals surface area contributed by atoms with E-state index < -0.39 is 0 Å². The van der Waals surface area contributed by atoms with E-state index in [-0.39, 0.29) is 30.3 Å². The molecule has 0 atom stereocenters. The highest BCUT2D eigenvalue weighted by molar-refractivity contribution is 7.98. The van der Waals surface area contributed by atoms with Crippen LogP contribution in [0.2, 0.25) is 0 Å². The molecule has 4 rings (SSSR count). The average Bonchev–Trinajstić information content (AvgIpc) is 2.91. The first-order valence-corrected chi connectivity index (χ1v) is 11.7. The molecule has 0 spiro atoms. The van der Waals surface area contributed by atoms with Gasteiger partial charge in [0.05, 0.1) is 24.4 Å². The largest absolute Gasteiger partial charge is 0.475 e. The van der Waals surface area contributed by atoms with Crippen molar-refractivity contribution >= 4 is 34.8 Å². The van der Waals surface area contributed by atoms with Crippen LogP contribution < -0.4 is 15.8 Å². The van der Waals surface area contributed by atoms with Crippen molar-refractivity contribution in [3.63, 3.8) is 0 Å². The minimum absolute atomic E-state index is 0.0307. The maximum Gasteiger partial charge on any atom is 0.237 e. The number of aliphatic hydroxyl groups excluding tert-OH is 1. The van der Waals surface area contributed by atoms with Crippen molar-refractivity contribution in [3.05, 3.63) is 83.7 Å². The summed E-state index contributed by atoms with van der Waals surface area (Å²) < 4.78 is 5.30. The minimum Gasteiger partial charge on any atom is -0.475 e. The van der Waals surface area contributed by atoms with Crippen molar-refractivity contribution in [1.82, 2.24) is 19.9 Å². The number of nitrogen functional groups attached to an aromatic ring is 1. The Balaban J connectivity index is 1.61. The molecule has 0 saturated carbocycles. The maximum atomic E-state index is 10.00. The van der Waals surface area contributed by atoms with Gasteiger partial charge in [0.25, 0.3) is 0 Å².